The molecule has 2 aromatic rings. The molecule has 0 saturated carbocycles. The molecular weight excluding hydrogens is 322 g/mol. The van der Waals surface area contributed by atoms with Gasteiger partial charge in [-0.1, -0.05) is 12.1 Å². The summed E-state index contributed by atoms with van der Waals surface area (Å²) in [5.41, 5.74) is 1.33. The molecule has 0 fully saturated rings. The number of hydrogen-bond donors (Lipinski definition) is 0. The molecule has 0 atom stereocenters. The van der Waals surface area contributed by atoms with Gasteiger partial charge in [0, 0.05) is 20.1 Å². The van der Waals surface area contributed by atoms with Gasteiger partial charge in [-0.15, -0.1) is 0 Å². The lowest BCUT2D eigenvalue weighted by Gasteiger charge is -2.25. The summed E-state index contributed by atoms with van der Waals surface area (Å²) >= 11 is 0. The first-order valence-corrected chi connectivity index (χ1v) is 8.63. The lowest BCUT2D eigenvalue weighted by Crippen LogP contribution is -2.31. The van der Waals surface area contributed by atoms with Gasteiger partial charge in [0.05, 0.1) is 16.3 Å². The van der Waals surface area contributed by atoms with Crippen LogP contribution in [0.3, 0.4) is 0 Å². The van der Waals surface area contributed by atoms with Crippen molar-refractivity contribution in [2.75, 3.05) is 29.3 Å². The fourth-order valence-electron chi connectivity index (χ4n) is 2.70. The minimum atomic E-state index is -3.96. The second-order valence-corrected chi connectivity index (χ2v) is 7.28. The highest BCUT2D eigenvalue weighted by atomic mass is 32.2. The number of para-hydroxylation sites is 2. The molecule has 0 unspecified atom stereocenters. The van der Waals surface area contributed by atoms with Crippen LogP contribution in [0.15, 0.2) is 47.4 Å². The Labute approximate surface area is 134 Å². The first kappa shape index (κ1) is 15.7. The van der Waals surface area contributed by atoms with Crippen molar-refractivity contribution in [2.24, 2.45) is 0 Å². The van der Waals surface area contributed by atoms with Crippen LogP contribution in [0.5, 0.6) is 0 Å². The van der Waals surface area contributed by atoms with E-state index in [1.807, 2.05) is 24.1 Å². The Morgan fingerprint density at radius 3 is 2.35 bits per heavy atom. The Balaban J connectivity index is 2.12. The number of nitrogens with zero attached hydrogens (tertiary/aromatic N) is 2. The number of benzene rings is 2. The van der Waals surface area contributed by atoms with E-state index in [-0.39, 0.29) is 11.4 Å². The van der Waals surface area contributed by atoms with Gasteiger partial charge in [0.2, 0.25) is 0 Å². The first-order valence-electron chi connectivity index (χ1n) is 7.19. The maximum atomic E-state index is 13.4. The molecule has 0 saturated heterocycles. The van der Waals surface area contributed by atoms with Crippen LogP contribution in [0.1, 0.15) is 6.42 Å². The number of sulfonamides is 1. The van der Waals surface area contributed by atoms with E-state index in [1.54, 1.807) is 12.1 Å². The van der Waals surface area contributed by atoms with Crippen LogP contribution >= 0.6 is 0 Å². The largest absolute Gasteiger partial charge is 0.373 e. The van der Waals surface area contributed by atoms with Gasteiger partial charge in [-0.2, -0.15) is 0 Å². The molecule has 0 radical (unpaired) electrons. The molecule has 23 heavy (non-hydrogen) atoms. The normalized spacial score (nSPS) is 15.3. The monoisotopic (exact) mass is 338 g/mol. The Morgan fingerprint density at radius 2 is 1.65 bits per heavy atom. The summed E-state index contributed by atoms with van der Waals surface area (Å²) in [5, 5.41) is 0. The van der Waals surface area contributed by atoms with Crippen LogP contribution in [0, 0.1) is 11.6 Å². The van der Waals surface area contributed by atoms with Crippen molar-refractivity contribution in [2.45, 2.75) is 11.3 Å². The summed E-state index contributed by atoms with van der Waals surface area (Å²) in [7, 11) is -2.07. The molecule has 1 aliphatic heterocycles. The molecule has 122 valence electrons. The van der Waals surface area contributed by atoms with E-state index in [4.69, 9.17) is 0 Å². The van der Waals surface area contributed by atoms with E-state index < -0.39 is 21.7 Å². The summed E-state index contributed by atoms with van der Waals surface area (Å²) in [5.74, 6) is -2.24. The van der Waals surface area contributed by atoms with E-state index >= 15 is 0 Å². The molecule has 0 N–H and O–H groups in total. The molecular formula is C16H16F2N2O2S. The van der Waals surface area contributed by atoms with Crippen molar-refractivity contribution in [3.63, 3.8) is 0 Å². The Kier molecular flexibility index (Phi) is 3.97. The summed E-state index contributed by atoms with van der Waals surface area (Å²) in [6, 6.07) is 9.79. The van der Waals surface area contributed by atoms with Gasteiger partial charge in [-0.05, 0) is 36.8 Å². The van der Waals surface area contributed by atoms with Gasteiger partial charge in [0.1, 0.15) is 0 Å². The average Bonchev–Trinajstić information content (AvgIpc) is 2.70. The quantitative estimate of drug-likeness (QED) is 0.845. The predicted octanol–water partition coefficient (Wildman–Crippen LogP) is 3.00. The minimum absolute atomic E-state index is 0.254. The molecule has 2 aromatic carbocycles. The number of rotatable bonds is 2. The first-order chi connectivity index (χ1) is 10.9. The molecule has 7 heteroatoms. The number of halogens is 2. The van der Waals surface area contributed by atoms with Gasteiger partial charge in [0.25, 0.3) is 10.0 Å². The highest BCUT2D eigenvalue weighted by Gasteiger charge is 2.29. The minimum Gasteiger partial charge on any atom is -0.373 e. The topological polar surface area (TPSA) is 40.6 Å². The summed E-state index contributed by atoms with van der Waals surface area (Å²) < 4.78 is 53.6. The molecule has 1 aliphatic rings. The molecule has 0 amide bonds. The summed E-state index contributed by atoms with van der Waals surface area (Å²) in [6.45, 7) is 0.990. The lowest BCUT2D eigenvalue weighted by molar-refractivity contribution is 0.504. The summed E-state index contributed by atoms with van der Waals surface area (Å²) in [4.78, 5) is 1.73. The standard InChI is InChI=1S/C16H16F2N2O2S/c1-19-9-4-10-20(16-6-3-2-5-15(16)19)23(21,22)12-7-8-13(17)14(18)11-12/h2-3,5-8,11H,4,9-10H2,1H3. The summed E-state index contributed by atoms with van der Waals surface area (Å²) in [6.07, 6.45) is 0.633. The highest BCUT2D eigenvalue weighted by Crippen LogP contribution is 2.35. The molecule has 1 heterocycles. The zero-order chi connectivity index (χ0) is 16.6. The highest BCUT2D eigenvalue weighted by molar-refractivity contribution is 7.92. The van der Waals surface area contributed by atoms with E-state index in [0.717, 1.165) is 23.9 Å². The average molecular weight is 338 g/mol. The van der Waals surface area contributed by atoms with Crippen LogP contribution in [0.25, 0.3) is 0 Å². The van der Waals surface area contributed by atoms with Crippen LogP contribution in [-0.4, -0.2) is 28.6 Å². The third-order valence-corrected chi connectivity index (χ3v) is 5.70. The molecule has 4 nitrogen and oxygen atoms in total. The Hall–Kier alpha value is -2.15. The van der Waals surface area contributed by atoms with Crippen molar-refractivity contribution >= 4 is 21.4 Å². The lowest BCUT2D eigenvalue weighted by atomic mass is 10.2. The number of fused-ring (bicyclic) bond motifs is 1. The van der Waals surface area contributed by atoms with Gasteiger partial charge in [0.15, 0.2) is 11.6 Å². The van der Waals surface area contributed by atoms with Crippen LogP contribution in [0.4, 0.5) is 20.2 Å². The molecule has 0 aliphatic carbocycles. The molecule has 0 spiro atoms. The van der Waals surface area contributed by atoms with E-state index in [2.05, 4.69) is 0 Å². The van der Waals surface area contributed by atoms with Gasteiger partial charge < -0.3 is 4.90 Å². The van der Waals surface area contributed by atoms with Crippen molar-refractivity contribution in [3.8, 4) is 0 Å². The van der Waals surface area contributed by atoms with Gasteiger partial charge in [-0.3, -0.25) is 4.31 Å². The smallest absolute Gasteiger partial charge is 0.264 e. The maximum absolute atomic E-state index is 13.4. The van der Waals surface area contributed by atoms with Crippen molar-refractivity contribution in [1.82, 2.24) is 0 Å². The van der Waals surface area contributed by atoms with Crippen LogP contribution in [-0.2, 0) is 10.0 Å². The van der Waals surface area contributed by atoms with Crippen molar-refractivity contribution in [1.29, 1.82) is 0 Å². The van der Waals surface area contributed by atoms with E-state index in [0.29, 0.717) is 18.7 Å². The maximum Gasteiger partial charge on any atom is 0.264 e. The van der Waals surface area contributed by atoms with E-state index in [1.165, 1.54) is 4.31 Å². The van der Waals surface area contributed by atoms with Crippen molar-refractivity contribution in [3.05, 3.63) is 54.1 Å². The number of hydrogen-bond acceptors (Lipinski definition) is 3. The Morgan fingerprint density at radius 1 is 0.957 bits per heavy atom. The van der Waals surface area contributed by atoms with Gasteiger partial charge in [-0.25, -0.2) is 17.2 Å². The molecule has 3 rings (SSSR count). The fourth-order valence-corrected chi connectivity index (χ4v) is 4.23. The van der Waals surface area contributed by atoms with Crippen LogP contribution < -0.4 is 9.21 Å². The second-order valence-electron chi connectivity index (χ2n) is 5.42. The fraction of sp³-hybridized carbons (Fsp3) is 0.250. The van der Waals surface area contributed by atoms with Crippen molar-refractivity contribution < 1.29 is 17.2 Å². The van der Waals surface area contributed by atoms with Gasteiger partial charge >= 0.3 is 0 Å². The third kappa shape index (κ3) is 2.76. The zero-order valence-electron chi connectivity index (χ0n) is 12.5. The Bertz CT molecular complexity index is 840. The van der Waals surface area contributed by atoms with E-state index in [9.17, 15) is 17.2 Å². The zero-order valence-corrected chi connectivity index (χ0v) is 13.4. The molecule has 0 bridgehead atoms. The predicted molar refractivity (Wildman–Crippen MR) is 85.2 cm³/mol. The van der Waals surface area contributed by atoms with Crippen LogP contribution in [0.2, 0.25) is 0 Å². The number of anilines is 2. The second kappa shape index (κ2) is 5.81. The third-order valence-electron chi connectivity index (χ3n) is 3.90. The molecule has 0 aromatic heterocycles. The SMILES string of the molecule is CN1CCCN(S(=O)(=O)c2ccc(F)c(F)c2)c2ccccc21.